The zero-order valence-electron chi connectivity index (χ0n) is 10.6. The fraction of sp³-hybridized carbons (Fsp3) is 0.462. The lowest BCUT2D eigenvalue weighted by atomic mass is 9.99. The molecule has 0 aliphatic heterocycles. The predicted octanol–water partition coefficient (Wildman–Crippen LogP) is 2.01. The Labute approximate surface area is 102 Å². The lowest BCUT2D eigenvalue weighted by Gasteiger charge is -2.17. The van der Waals surface area contributed by atoms with Gasteiger partial charge in [0.15, 0.2) is 0 Å². The molecule has 0 aliphatic rings. The number of benzene rings is 1. The Morgan fingerprint density at radius 2 is 2.00 bits per heavy atom. The minimum atomic E-state index is -0.470. The van der Waals surface area contributed by atoms with E-state index in [1.807, 2.05) is 13.8 Å². The lowest BCUT2D eigenvalue weighted by Crippen LogP contribution is -2.40. The highest BCUT2D eigenvalue weighted by atomic mass is 16.5. The number of ether oxygens (including phenoxy) is 1. The second-order valence-electron chi connectivity index (χ2n) is 4.13. The zero-order valence-corrected chi connectivity index (χ0v) is 10.6. The van der Waals surface area contributed by atoms with Crippen LogP contribution in [0.2, 0.25) is 0 Å². The predicted molar refractivity (Wildman–Crippen MR) is 69.1 cm³/mol. The molecule has 0 saturated heterocycles. The van der Waals surface area contributed by atoms with E-state index in [0.717, 1.165) is 17.9 Å². The molecule has 0 aliphatic carbocycles. The van der Waals surface area contributed by atoms with Crippen molar-refractivity contribution in [2.75, 3.05) is 12.4 Å². The number of rotatable bonds is 5. The van der Waals surface area contributed by atoms with Gasteiger partial charge in [-0.1, -0.05) is 20.3 Å². The Morgan fingerprint density at radius 1 is 1.41 bits per heavy atom. The largest absolute Gasteiger partial charge is 0.497 e. The normalized spacial score (nSPS) is 13.9. The number of amides is 1. The van der Waals surface area contributed by atoms with Gasteiger partial charge in [-0.15, -0.1) is 0 Å². The van der Waals surface area contributed by atoms with Gasteiger partial charge in [0.1, 0.15) is 5.75 Å². The van der Waals surface area contributed by atoms with Gasteiger partial charge >= 0.3 is 0 Å². The highest BCUT2D eigenvalue weighted by Crippen LogP contribution is 2.16. The number of anilines is 1. The van der Waals surface area contributed by atoms with Gasteiger partial charge in [-0.05, 0) is 30.2 Å². The summed E-state index contributed by atoms with van der Waals surface area (Å²) in [7, 11) is 1.60. The molecule has 0 radical (unpaired) electrons. The lowest BCUT2D eigenvalue weighted by molar-refractivity contribution is -0.118. The standard InChI is InChI=1S/C13H20N2O2/c1-4-9(2)12(14)13(16)15-10-5-7-11(17-3)8-6-10/h5-9,12H,4,14H2,1-3H3,(H,15,16). The molecule has 0 fully saturated rings. The summed E-state index contributed by atoms with van der Waals surface area (Å²) in [6.07, 6.45) is 0.886. The van der Waals surface area contributed by atoms with E-state index in [0.29, 0.717) is 0 Å². The third-order valence-electron chi connectivity index (χ3n) is 2.92. The first-order valence-corrected chi connectivity index (χ1v) is 5.79. The molecule has 0 aromatic heterocycles. The first kappa shape index (κ1) is 13.5. The molecule has 0 saturated carbocycles. The van der Waals surface area contributed by atoms with Gasteiger partial charge in [0.25, 0.3) is 0 Å². The maximum atomic E-state index is 11.8. The average molecular weight is 236 g/mol. The van der Waals surface area contributed by atoms with E-state index in [-0.39, 0.29) is 11.8 Å². The topological polar surface area (TPSA) is 64.4 Å². The van der Waals surface area contributed by atoms with Crippen molar-refractivity contribution in [3.8, 4) is 5.75 Å². The molecule has 1 aromatic carbocycles. The SMILES string of the molecule is CCC(C)C(N)C(=O)Nc1ccc(OC)cc1. The van der Waals surface area contributed by atoms with Gasteiger partial charge in [-0.3, -0.25) is 4.79 Å². The highest BCUT2D eigenvalue weighted by molar-refractivity contribution is 5.94. The van der Waals surface area contributed by atoms with Crippen LogP contribution in [0.4, 0.5) is 5.69 Å². The van der Waals surface area contributed by atoms with Crippen LogP contribution in [0.5, 0.6) is 5.75 Å². The number of carbonyl (C=O) groups excluding carboxylic acids is 1. The van der Waals surface area contributed by atoms with Crippen LogP contribution >= 0.6 is 0 Å². The fourth-order valence-electron chi connectivity index (χ4n) is 1.41. The van der Waals surface area contributed by atoms with Gasteiger partial charge in [-0.2, -0.15) is 0 Å². The highest BCUT2D eigenvalue weighted by Gasteiger charge is 2.19. The zero-order chi connectivity index (χ0) is 12.8. The Hall–Kier alpha value is -1.55. The van der Waals surface area contributed by atoms with Crippen LogP contribution in [0.15, 0.2) is 24.3 Å². The molecule has 1 aromatic rings. The van der Waals surface area contributed by atoms with Crippen molar-refractivity contribution < 1.29 is 9.53 Å². The molecular weight excluding hydrogens is 216 g/mol. The van der Waals surface area contributed by atoms with Crippen LogP contribution in [0.25, 0.3) is 0 Å². The molecule has 0 bridgehead atoms. The number of hydrogen-bond acceptors (Lipinski definition) is 3. The maximum absolute atomic E-state index is 11.8. The molecule has 4 nitrogen and oxygen atoms in total. The molecule has 0 heterocycles. The summed E-state index contributed by atoms with van der Waals surface area (Å²) >= 11 is 0. The Bertz CT molecular complexity index is 362. The first-order chi connectivity index (χ1) is 8.08. The summed E-state index contributed by atoms with van der Waals surface area (Å²) in [5.74, 6) is 0.784. The van der Waals surface area contributed by atoms with Gasteiger partial charge in [0.2, 0.25) is 5.91 Å². The monoisotopic (exact) mass is 236 g/mol. The van der Waals surface area contributed by atoms with E-state index in [4.69, 9.17) is 10.5 Å². The van der Waals surface area contributed by atoms with Gasteiger partial charge < -0.3 is 15.8 Å². The van der Waals surface area contributed by atoms with Crippen molar-refractivity contribution in [3.63, 3.8) is 0 Å². The van der Waals surface area contributed by atoms with E-state index >= 15 is 0 Å². The molecular formula is C13H20N2O2. The molecule has 1 amide bonds. The van der Waals surface area contributed by atoms with E-state index < -0.39 is 6.04 Å². The van der Waals surface area contributed by atoms with Crippen LogP contribution in [-0.4, -0.2) is 19.1 Å². The molecule has 94 valence electrons. The number of methoxy groups -OCH3 is 1. The van der Waals surface area contributed by atoms with E-state index in [1.165, 1.54) is 0 Å². The fourth-order valence-corrected chi connectivity index (χ4v) is 1.41. The van der Waals surface area contributed by atoms with Crippen LogP contribution < -0.4 is 15.8 Å². The molecule has 3 N–H and O–H groups in total. The van der Waals surface area contributed by atoms with Crippen molar-refractivity contribution in [2.45, 2.75) is 26.3 Å². The summed E-state index contributed by atoms with van der Waals surface area (Å²) in [6, 6.07) is 6.71. The number of hydrogen-bond donors (Lipinski definition) is 2. The average Bonchev–Trinajstić information content (AvgIpc) is 2.37. The van der Waals surface area contributed by atoms with Crippen molar-refractivity contribution >= 4 is 11.6 Å². The van der Waals surface area contributed by atoms with E-state index in [9.17, 15) is 4.79 Å². The van der Waals surface area contributed by atoms with E-state index in [2.05, 4.69) is 5.32 Å². The van der Waals surface area contributed by atoms with E-state index in [1.54, 1.807) is 31.4 Å². The maximum Gasteiger partial charge on any atom is 0.241 e. The summed E-state index contributed by atoms with van der Waals surface area (Å²) < 4.78 is 5.04. The summed E-state index contributed by atoms with van der Waals surface area (Å²) in [4.78, 5) is 11.8. The van der Waals surface area contributed by atoms with Crippen LogP contribution in [0.3, 0.4) is 0 Å². The third-order valence-corrected chi connectivity index (χ3v) is 2.92. The van der Waals surface area contributed by atoms with Crippen molar-refractivity contribution in [1.82, 2.24) is 0 Å². The Balaban J connectivity index is 2.61. The summed E-state index contributed by atoms with van der Waals surface area (Å²) in [5, 5.41) is 2.79. The molecule has 0 spiro atoms. The van der Waals surface area contributed by atoms with Crippen LogP contribution in [-0.2, 0) is 4.79 Å². The second-order valence-corrected chi connectivity index (χ2v) is 4.13. The van der Waals surface area contributed by atoms with Crippen LogP contribution in [0, 0.1) is 5.92 Å². The summed E-state index contributed by atoms with van der Waals surface area (Å²) in [5.41, 5.74) is 6.57. The van der Waals surface area contributed by atoms with Gasteiger partial charge in [0.05, 0.1) is 13.2 Å². The number of nitrogens with two attached hydrogens (primary N) is 1. The van der Waals surface area contributed by atoms with Crippen molar-refractivity contribution in [2.24, 2.45) is 11.7 Å². The van der Waals surface area contributed by atoms with Gasteiger partial charge in [-0.25, -0.2) is 0 Å². The molecule has 4 heteroatoms. The Morgan fingerprint density at radius 3 is 2.47 bits per heavy atom. The third kappa shape index (κ3) is 3.75. The molecule has 2 atom stereocenters. The quantitative estimate of drug-likeness (QED) is 0.822. The molecule has 2 unspecified atom stereocenters. The summed E-state index contributed by atoms with van der Waals surface area (Å²) in [6.45, 7) is 3.99. The second kappa shape index (κ2) is 6.25. The van der Waals surface area contributed by atoms with Gasteiger partial charge in [0, 0.05) is 5.69 Å². The minimum absolute atomic E-state index is 0.149. The number of carbonyl (C=O) groups is 1. The minimum Gasteiger partial charge on any atom is -0.497 e. The molecule has 17 heavy (non-hydrogen) atoms. The number of nitrogens with one attached hydrogen (secondary N) is 1. The first-order valence-electron chi connectivity index (χ1n) is 5.79. The smallest absolute Gasteiger partial charge is 0.241 e. The molecule has 1 rings (SSSR count). The Kier molecular flexibility index (Phi) is 4.97. The van der Waals surface area contributed by atoms with Crippen molar-refractivity contribution in [1.29, 1.82) is 0 Å². The van der Waals surface area contributed by atoms with Crippen LogP contribution in [0.1, 0.15) is 20.3 Å². The van der Waals surface area contributed by atoms with Crippen molar-refractivity contribution in [3.05, 3.63) is 24.3 Å².